The number of ether oxygens (including phenoxy) is 1. The highest BCUT2D eigenvalue weighted by Gasteiger charge is 2.15. The first-order chi connectivity index (χ1) is 14.0. The van der Waals surface area contributed by atoms with Crippen molar-refractivity contribution in [2.75, 3.05) is 13.7 Å². The van der Waals surface area contributed by atoms with Crippen LogP contribution in [-0.4, -0.2) is 48.8 Å². The van der Waals surface area contributed by atoms with E-state index in [9.17, 15) is 5.11 Å². The second-order valence-electron chi connectivity index (χ2n) is 7.22. The Morgan fingerprint density at radius 1 is 1.17 bits per heavy atom. The molecule has 1 unspecified atom stereocenters. The Kier molecular flexibility index (Phi) is 5.75. The number of aliphatic hydroxyl groups excluding tert-OH is 1. The lowest BCUT2D eigenvalue weighted by molar-refractivity contribution is 0.0531. The zero-order chi connectivity index (χ0) is 20.4. The average Bonchev–Trinajstić information content (AvgIpc) is 3.39. The maximum Gasteiger partial charge on any atom is 0.234 e. The number of aliphatic hydroxyl groups is 1. The van der Waals surface area contributed by atoms with Gasteiger partial charge in [0.05, 0.1) is 35.5 Å². The average molecular weight is 412 g/mol. The van der Waals surface area contributed by atoms with Crippen LogP contribution in [0.3, 0.4) is 0 Å². The summed E-state index contributed by atoms with van der Waals surface area (Å²) >= 11 is 1.66. The molecule has 0 radical (unpaired) electrons. The van der Waals surface area contributed by atoms with E-state index in [1.807, 2.05) is 39.7 Å². The molecule has 152 valence electrons. The highest BCUT2D eigenvalue weighted by Crippen LogP contribution is 2.24. The summed E-state index contributed by atoms with van der Waals surface area (Å²) in [6.07, 6.45) is 4.97. The number of aryl methyl sites for hydroxylation is 4. The molecule has 8 heteroatoms. The van der Waals surface area contributed by atoms with Crippen molar-refractivity contribution in [2.45, 2.75) is 39.3 Å². The Balaban J connectivity index is 1.57. The normalized spacial score (nSPS) is 12.7. The number of fused-ring (bicyclic) bond motifs is 1. The molecule has 0 fully saturated rings. The lowest BCUT2D eigenvalue weighted by Crippen LogP contribution is -2.22. The zero-order valence-electron chi connectivity index (χ0n) is 16.9. The number of aromatic nitrogens is 5. The first-order valence-electron chi connectivity index (χ1n) is 9.62. The molecule has 0 bridgehead atoms. The summed E-state index contributed by atoms with van der Waals surface area (Å²) in [5.74, 6) is 1.66. The number of thiophene rings is 1. The number of imidazole rings is 2. The fraction of sp³-hybridized carbons (Fsp3) is 0.381. The van der Waals surface area contributed by atoms with Crippen molar-refractivity contribution >= 4 is 17.1 Å². The summed E-state index contributed by atoms with van der Waals surface area (Å²) in [6.45, 7) is 4.79. The molecule has 0 saturated carbocycles. The van der Waals surface area contributed by atoms with Crippen LogP contribution in [0.1, 0.15) is 22.9 Å². The van der Waals surface area contributed by atoms with Gasteiger partial charge in [0.25, 0.3) is 0 Å². The Labute approximate surface area is 173 Å². The van der Waals surface area contributed by atoms with Crippen LogP contribution >= 0.6 is 11.3 Å². The molecular weight excluding hydrogens is 386 g/mol. The van der Waals surface area contributed by atoms with E-state index in [4.69, 9.17) is 9.72 Å². The van der Waals surface area contributed by atoms with Crippen LogP contribution in [0.5, 0.6) is 0 Å². The summed E-state index contributed by atoms with van der Waals surface area (Å²) in [7, 11) is 1.59. The molecular formula is C21H25N5O2S. The quantitative estimate of drug-likeness (QED) is 0.482. The monoisotopic (exact) mass is 411 g/mol. The minimum atomic E-state index is -0.575. The molecule has 1 atom stereocenters. The molecule has 0 spiro atoms. The lowest BCUT2D eigenvalue weighted by atomic mass is 10.2. The number of methoxy groups -OCH3 is 1. The third-order valence-electron chi connectivity index (χ3n) is 4.82. The van der Waals surface area contributed by atoms with E-state index in [-0.39, 0.29) is 0 Å². The van der Waals surface area contributed by atoms with Crippen molar-refractivity contribution in [3.63, 3.8) is 0 Å². The van der Waals surface area contributed by atoms with Gasteiger partial charge >= 0.3 is 0 Å². The van der Waals surface area contributed by atoms with Gasteiger partial charge in [-0.05, 0) is 37.8 Å². The SMILES string of the molecule is COCC(O)Cn1cc(-c2cccs2)nc1CCc1cn2c(C)cc(C)nc2n1. The summed E-state index contributed by atoms with van der Waals surface area (Å²) in [6, 6.07) is 6.13. The minimum absolute atomic E-state index is 0.294. The van der Waals surface area contributed by atoms with E-state index >= 15 is 0 Å². The van der Waals surface area contributed by atoms with Gasteiger partial charge in [-0.2, -0.15) is 0 Å². The molecule has 7 nitrogen and oxygen atoms in total. The Hall–Kier alpha value is -2.55. The Bertz CT molecular complexity index is 1100. The highest BCUT2D eigenvalue weighted by atomic mass is 32.1. The van der Waals surface area contributed by atoms with Crippen LogP contribution in [0.2, 0.25) is 0 Å². The number of nitrogens with zero attached hydrogens (tertiary/aromatic N) is 5. The van der Waals surface area contributed by atoms with Gasteiger partial charge in [-0.25, -0.2) is 15.0 Å². The van der Waals surface area contributed by atoms with Crippen LogP contribution in [-0.2, 0) is 24.1 Å². The Morgan fingerprint density at radius 2 is 2.03 bits per heavy atom. The second kappa shape index (κ2) is 8.44. The van der Waals surface area contributed by atoms with Crippen molar-refractivity contribution in [1.82, 2.24) is 23.9 Å². The van der Waals surface area contributed by atoms with Crippen molar-refractivity contribution in [3.05, 3.63) is 58.9 Å². The molecule has 4 aromatic heterocycles. The first-order valence-corrected chi connectivity index (χ1v) is 10.5. The largest absolute Gasteiger partial charge is 0.389 e. The molecule has 0 aliphatic heterocycles. The topological polar surface area (TPSA) is 77.5 Å². The van der Waals surface area contributed by atoms with Gasteiger partial charge in [-0.3, -0.25) is 4.40 Å². The summed E-state index contributed by atoms with van der Waals surface area (Å²) in [4.78, 5) is 15.1. The van der Waals surface area contributed by atoms with Gasteiger partial charge in [-0.1, -0.05) is 6.07 Å². The summed E-state index contributed by atoms with van der Waals surface area (Å²) in [5, 5.41) is 12.3. The molecule has 4 heterocycles. The van der Waals surface area contributed by atoms with Crippen molar-refractivity contribution < 1.29 is 9.84 Å². The van der Waals surface area contributed by atoms with E-state index in [1.54, 1.807) is 18.4 Å². The third kappa shape index (κ3) is 4.39. The van der Waals surface area contributed by atoms with Gasteiger partial charge in [0.15, 0.2) is 0 Å². The smallest absolute Gasteiger partial charge is 0.234 e. The molecule has 29 heavy (non-hydrogen) atoms. The van der Waals surface area contributed by atoms with Crippen LogP contribution in [0.4, 0.5) is 0 Å². The van der Waals surface area contributed by atoms with Gasteiger partial charge in [0.1, 0.15) is 5.82 Å². The zero-order valence-corrected chi connectivity index (χ0v) is 17.7. The molecule has 0 aromatic carbocycles. The van der Waals surface area contributed by atoms with E-state index < -0.39 is 6.10 Å². The number of rotatable bonds is 8. The van der Waals surface area contributed by atoms with Gasteiger partial charge < -0.3 is 14.4 Å². The van der Waals surface area contributed by atoms with E-state index in [1.165, 1.54) is 0 Å². The molecule has 4 rings (SSSR count). The predicted molar refractivity (Wildman–Crippen MR) is 113 cm³/mol. The molecule has 0 aliphatic carbocycles. The van der Waals surface area contributed by atoms with Gasteiger partial charge in [0.2, 0.25) is 5.78 Å². The second-order valence-corrected chi connectivity index (χ2v) is 8.17. The van der Waals surface area contributed by atoms with Crippen LogP contribution in [0, 0.1) is 13.8 Å². The Morgan fingerprint density at radius 3 is 2.79 bits per heavy atom. The molecule has 1 N–H and O–H groups in total. The van der Waals surface area contributed by atoms with Crippen LogP contribution < -0.4 is 0 Å². The van der Waals surface area contributed by atoms with Crippen LogP contribution in [0.25, 0.3) is 16.3 Å². The summed E-state index contributed by atoms with van der Waals surface area (Å²) in [5.41, 5.74) is 4.00. The van der Waals surface area contributed by atoms with E-state index in [0.29, 0.717) is 13.2 Å². The highest BCUT2D eigenvalue weighted by molar-refractivity contribution is 7.13. The number of hydrogen-bond donors (Lipinski definition) is 1. The third-order valence-corrected chi connectivity index (χ3v) is 5.71. The van der Waals surface area contributed by atoms with Gasteiger partial charge in [-0.15, -0.1) is 11.3 Å². The predicted octanol–water partition coefficient (Wildman–Crippen LogP) is 3.06. The van der Waals surface area contributed by atoms with Crippen molar-refractivity contribution in [1.29, 1.82) is 0 Å². The lowest BCUT2D eigenvalue weighted by Gasteiger charge is -2.12. The number of hydrogen-bond acceptors (Lipinski definition) is 6. The fourth-order valence-corrected chi connectivity index (χ4v) is 4.19. The van der Waals surface area contributed by atoms with Gasteiger partial charge in [0, 0.05) is 37.3 Å². The first kappa shape index (κ1) is 19.8. The van der Waals surface area contributed by atoms with Crippen molar-refractivity contribution in [2.24, 2.45) is 0 Å². The maximum atomic E-state index is 10.2. The molecule has 0 saturated heterocycles. The van der Waals surface area contributed by atoms with Crippen LogP contribution in [0.15, 0.2) is 36.0 Å². The standard InChI is InChI=1S/C21H25N5O2S/c1-14-9-15(2)26-10-16(23-21(26)22-14)6-7-20-24-18(19-5-4-8-29-19)12-25(20)11-17(27)13-28-3/h4-5,8-10,12,17,27H,6-7,11,13H2,1-3H3. The summed E-state index contributed by atoms with van der Waals surface area (Å²) < 4.78 is 9.13. The maximum absolute atomic E-state index is 10.2. The molecule has 0 aliphatic rings. The van der Waals surface area contributed by atoms with E-state index in [0.717, 1.165) is 52.1 Å². The van der Waals surface area contributed by atoms with Crippen molar-refractivity contribution in [3.8, 4) is 10.6 Å². The molecule has 4 aromatic rings. The van der Waals surface area contributed by atoms with E-state index in [2.05, 4.69) is 29.0 Å². The molecule has 0 amide bonds. The fourth-order valence-electron chi connectivity index (χ4n) is 3.51. The minimum Gasteiger partial charge on any atom is -0.389 e.